The van der Waals surface area contributed by atoms with Crippen LogP contribution in [0.4, 0.5) is 0 Å². The fourth-order valence-corrected chi connectivity index (χ4v) is 1.00. The Balaban J connectivity index is 2.37. The maximum absolute atomic E-state index is 5.28. The second-order valence-corrected chi connectivity index (χ2v) is 3.09. The normalized spacial score (nSPS) is 9.83. The third-order valence-electron chi connectivity index (χ3n) is 1.28. The van der Waals surface area contributed by atoms with Crippen molar-refractivity contribution < 1.29 is 9.57 Å². The minimum absolute atomic E-state index is 0.399. The standard InChI is InChI=1S/C8H10BrNO2/c9-7-1-3-8(4-2-7)11-5-6-12-10/h1-4H,5-6,10H2. The molecule has 0 aliphatic carbocycles. The summed E-state index contributed by atoms with van der Waals surface area (Å²) in [5.74, 6) is 5.64. The van der Waals surface area contributed by atoms with Gasteiger partial charge in [0, 0.05) is 4.47 Å². The zero-order valence-electron chi connectivity index (χ0n) is 6.50. The molecule has 12 heavy (non-hydrogen) atoms. The Morgan fingerprint density at radius 3 is 2.42 bits per heavy atom. The molecule has 0 heterocycles. The zero-order chi connectivity index (χ0) is 8.81. The Hall–Kier alpha value is -0.580. The number of rotatable bonds is 4. The van der Waals surface area contributed by atoms with Crippen LogP contribution >= 0.6 is 15.9 Å². The summed E-state index contributed by atoms with van der Waals surface area (Å²) >= 11 is 3.33. The molecule has 2 N–H and O–H groups in total. The Morgan fingerprint density at radius 1 is 1.17 bits per heavy atom. The minimum atomic E-state index is 0.399. The van der Waals surface area contributed by atoms with Gasteiger partial charge in [0.1, 0.15) is 19.0 Å². The predicted octanol–water partition coefficient (Wildman–Crippen LogP) is 1.72. The number of hydrogen-bond acceptors (Lipinski definition) is 3. The Bertz CT molecular complexity index is 225. The topological polar surface area (TPSA) is 44.5 Å². The van der Waals surface area contributed by atoms with Gasteiger partial charge in [0.2, 0.25) is 0 Å². The second kappa shape index (κ2) is 5.13. The first-order valence-corrected chi connectivity index (χ1v) is 4.32. The highest BCUT2D eigenvalue weighted by Crippen LogP contribution is 2.15. The van der Waals surface area contributed by atoms with Gasteiger partial charge >= 0.3 is 0 Å². The fraction of sp³-hybridized carbons (Fsp3) is 0.250. The highest BCUT2D eigenvalue weighted by molar-refractivity contribution is 9.10. The van der Waals surface area contributed by atoms with Crippen molar-refractivity contribution in [1.29, 1.82) is 0 Å². The van der Waals surface area contributed by atoms with Gasteiger partial charge in [0.05, 0.1) is 0 Å². The maximum Gasteiger partial charge on any atom is 0.119 e. The molecule has 1 aromatic carbocycles. The summed E-state index contributed by atoms with van der Waals surface area (Å²) in [6, 6.07) is 7.58. The third-order valence-corrected chi connectivity index (χ3v) is 1.81. The molecule has 0 saturated heterocycles. The van der Waals surface area contributed by atoms with E-state index in [0.717, 1.165) is 10.2 Å². The zero-order valence-corrected chi connectivity index (χ0v) is 8.08. The van der Waals surface area contributed by atoms with E-state index in [1.54, 1.807) is 0 Å². The summed E-state index contributed by atoms with van der Waals surface area (Å²) in [5, 5.41) is 0. The van der Waals surface area contributed by atoms with Gasteiger partial charge in [0.15, 0.2) is 0 Å². The lowest BCUT2D eigenvalue weighted by atomic mass is 10.3. The highest BCUT2D eigenvalue weighted by Gasteiger charge is 1.92. The molecule has 3 nitrogen and oxygen atoms in total. The highest BCUT2D eigenvalue weighted by atomic mass is 79.9. The van der Waals surface area contributed by atoms with Crippen LogP contribution in [-0.2, 0) is 4.84 Å². The van der Waals surface area contributed by atoms with Gasteiger partial charge in [0.25, 0.3) is 0 Å². The first kappa shape index (κ1) is 9.51. The summed E-state index contributed by atoms with van der Waals surface area (Å²) in [4.78, 5) is 4.35. The van der Waals surface area contributed by atoms with Crippen LogP contribution in [0.1, 0.15) is 0 Å². The number of benzene rings is 1. The van der Waals surface area contributed by atoms with E-state index in [2.05, 4.69) is 20.8 Å². The van der Waals surface area contributed by atoms with Gasteiger partial charge < -0.3 is 9.57 Å². The van der Waals surface area contributed by atoms with Crippen molar-refractivity contribution in [3.8, 4) is 5.75 Å². The summed E-state index contributed by atoms with van der Waals surface area (Å²) in [6.45, 7) is 0.869. The van der Waals surface area contributed by atoms with E-state index in [4.69, 9.17) is 10.6 Å². The van der Waals surface area contributed by atoms with E-state index in [1.165, 1.54) is 0 Å². The van der Waals surface area contributed by atoms with Crippen molar-refractivity contribution >= 4 is 15.9 Å². The molecule has 1 rings (SSSR count). The molecular formula is C8H10BrNO2. The maximum atomic E-state index is 5.28. The summed E-state index contributed by atoms with van der Waals surface area (Å²) in [5.41, 5.74) is 0. The van der Waals surface area contributed by atoms with Gasteiger partial charge in [-0.25, -0.2) is 5.90 Å². The first-order valence-electron chi connectivity index (χ1n) is 3.53. The monoisotopic (exact) mass is 231 g/mol. The summed E-state index contributed by atoms with van der Waals surface area (Å²) in [7, 11) is 0. The Labute approximate surface area is 79.5 Å². The van der Waals surface area contributed by atoms with Crippen molar-refractivity contribution in [3.05, 3.63) is 28.7 Å². The van der Waals surface area contributed by atoms with Crippen molar-refractivity contribution in [2.75, 3.05) is 13.2 Å². The van der Waals surface area contributed by atoms with Gasteiger partial charge in [-0.1, -0.05) is 15.9 Å². The number of ether oxygens (including phenoxy) is 1. The van der Waals surface area contributed by atoms with Crippen LogP contribution in [0.3, 0.4) is 0 Å². The van der Waals surface area contributed by atoms with Gasteiger partial charge in [-0.05, 0) is 24.3 Å². The van der Waals surface area contributed by atoms with Crippen molar-refractivity contribution in [2.24, 2.45) is 5.90 Å². The van der Waals surface area contributed by atoms with Crippen LogP contribution in [0, 0.1) is 0 Å². The van der Waals surface area contributed by atoms with Crippen LogP contribution in [-0.4, -0.2) is 13.2 Å². The minimum Gasteiger partial charge on any atom is -0.491 e. The molecule has 66 valence electrons. The number of nitrogens with two attached hydrogens (primary N) is 1. The van der Waals surface area contributed by atoms with Crippen LogP contribution in [0.25, 0.3) is 0 Å². The van der Waals surface area contributed by atoms with E-state index in [0.29, 0.717) is 13.2 Å². The van der Waals surface area contributed by atoms with Crippen molar-refractivity contribution in [3.63, 3.8) is 0 Å². The van der Waals surface area contributed by atoms with Crippen LogP contribution in [0.15, 0.2) is 28.7 Å². The van der Waals surface area contributed by atoms with Crippen molar-refractivity contribution in [2.45, 2.75) is 0 Å². The van der Waals surface area contributed by atoms with E-state index in [9.17, 15) is 0 Å². The predicted molar refractivity (Wildman–Crippen MR) is 49.8 cm³/mol. The van der Waals surface area contributed by atoms with Crippen LogP contribution in [0.5, 0.6) is 5.75 Å². The lowest BCUT2D eigenvalue weighted by Crippen LogP contribution is -2.09. The van der Waals surface area contributed by atoms with E-state index in [-0.39, 0.29) is 0 Å². The van der Waals surface area contributed by atoms with E-state index < -0.39 is 0 Å². The summed E-state index contributed by atoms with van der Waals surface area (Å²) in [6.07, 6.45) is 0. The average molecular weight is 232 g/mol. The lowest BCUT2D eigenvalue weighted by Gasteiger charge is -2.03. The Morgan fingerprint density at radius 2 is 1.83 bits per heavy atom. The molecule has 0 radical (unpaired) electrons. The molecule has 1 aromatic rings. The molecule has 0 aliphatic rings. The van der Waals surface area contributed by atoms with E-state index in [1.807, 2.05) is 24.3 Å². The van der Waals surface area contributed by atoms with Crippen LogP contribution < -0.4 is 10.6 Å². The third kappa shape index (κ3) is 3.21. The molecule has 0 atom stereocenters. The molecule has 0 aliphatic heterocycles. The number of hydrogen-bond donors (Lipinski definition) is 1. The van der Waals surface area contributed by atoms with Gasteiger partial charge in [-0.3, -0.25) is 0 Å². The first-order chi connectivity index (χ1) is 5.83. The smallest absolute Gasteiger partial charge is 0.119 e. The van der Waals surface area contributed by atoms with Crippen LogP contribution in [0.2, 0.25) is 0 Å². The molecule has 4 heteroatoms. The average Bonchev–Trinajstić information content (AvgIpc) is 2.09. The van der Waals surface area contributed by atoms with E-state index >= 15 is 0 Å². The van der Waals surface area contributed by atoms with Crippen molar-refractivity contribution in [1.82, 2.24) is 0 Å². The molecule has 0 spiro atoms. The largest absolute Gasteiger partial charge is 0.491 e. The van der Waals surface area contributed by atoms with Gasteiger partial charge in [-0.2, -0.15) is 0 Å². The molecule has 0 amide bonds. The SMILES string of the molecule is NOCCOc1ccc(Br)cc1. The molecule has 0 aromatic heterocycles. The number of halogens is 1. The Kier molecular flexibility index (Phi) is 4.07. The molecular weight excluding hydrogens is 222 g/mol. The van der Waals surface area contributed by atoms with Gasteiger partial charge in [-0.15, -0.1) is 0 Å². The fourth-order valence-electron chi connectivity index (χ4n) is 0.738. The second-order valence-electron chi connectivity index (χ2n) is 2.17. The summed E-state index contributed by atoms with van der Waals surface area (Å²) < 4.78 is 6.31. The molecule has 0 saturated carbocycles. The quantitative estimate of drug-likeness (QED) is 0.634. The lowest BCUT2D eigenvalue weighted by molar-refractivity contribution is 0.102. The molecule has 0 unspecified atom stereocenters. The molecule has 0 bridgehead atoms. The molecule has 0 fully saturated rings.